The molecule has 0 aliphatic carbocycles. The van der Waals surface area contributed by atoms with E-state index in [1.807, 2.05) is 6.07 Å². The largest absolute Gasteiger partial charge is 0.441 e. The predicted molar refractivity (Wildman–Crippen MR) is 130 cm³/mol. The number of carbonyl (C=O) groups excluding carboxylic acids is 2. The summed E-state index contributed by atoms with van der Waals surface area (Å²) in [5.41, 5.74) is 5.18. The Morgan fingerprint density at radius 1 is 1.24 bits per heavy atom. The Balaban J connectivity index is 1.85. The minimum absolute atomic E-state index is 0.0356. The van der Waals surface area contributed by atoms with Crippen molar-refractivity contribution in [2.45, 2.75) is 31.9 Å². The van der Waals surface area contributed by atoms with Gasteiger partial charge in [-0.1, -0.05) is 6.07 Å². The van der Waals surface area contributed by atoms with Crippen molar-refractivity contribution in [3.05, 3.63) is 77.4 Å². The fraction of sp³-hybridized carbons (Fsp3) is 0.269. The molecule has 2 aromatic heterocycles. The number of benzene rings is 1. The first kappa shape index (κ1) is 25.5. The number of nitriles is 1. The Bertz CT molecular complexity index is 1370. The van der Waals surface area contributed by atoms with E-state index in [9.17, 15) is 23.6 Å². The van der Waals surface area contributed by atoms with Crippen LogP contribution >= 0.6 is 0 Å². The van der Waals surface area contributed by atoms with Crippen molar-refractivity contribution in [2.24, 2.45) is 5.73 Å². The molecule has 2 atom stereocenters. The summed E-state index contributed by atoms with van der Waals surface area (Å²) in [5, 5.41) is 12.7. The van der Waals surface area contributed by atoms with Crippen molar-refractivity contribution in [1.82, 2.24) is 15.3 Å². The van der Waals surface area contributed by atoms with Gasteiger partial charge < -0.3 is 20.7 Å². The van der Waals surface area contributed by atoms with Gasteiger partial charge in [-0.25, -0.2) is 18.6 Å². The Hall–Kier alpha value is -4.59. The molecule has 1 aliphatic rings. The molecule has 2 amide bonds. The molecule has 0 spiro atoms. The number of amides is 2. The Labute approximate surface area is 211 Å². The molecule has 3 N–H and O–H groups in total. The monoisotopic (exact) mass is 506 g/mol. The van der Waals surface area contributed by atoms with Gasteiger partial charge in [0.15, 0.2) is 0 Å². The summed E-state index contributed by atoms with van der Waals surface area (Å²) in [4.78, 5) is 35.1. The lowest BCUT2D eigenvalue weighted by Gasteiger charge is -2.28. The fourth-order valence-electron chi connectivity index (χ4n) is 4.48. The topological polar surface area (TPSA) is 134 Å². The van der Waals surface area contributed by atoms with E-state index in [4.69, 9.17) is 10.5 Å². The number of halogens is 2. The third kappa shape index (κ3) is 5.48. The number of nitrogens with zero attached hydrogens (tertiary/aromatic N) is 4. The van der Waals surface area contributed by atoms with E-state index < -0.39 is 35.3 Å². The van der Waals surface area contributed by atoms with Crippen LogP contribution in [0.25, 0.3) is 11.1 Å². The number of nitrogens with one attached hydrogen (secondary N) is 1. The molecule has 4 rings (SSSR count). The fourth-order valence-corrected chi connectivity index (χ4v) is 4.48. The number of nitrogens with two attached hydrogens (primary N) is 1. The van der Waals surface area contributed by atoms with E-state index in [-0.39, 0.29) is 34.6 Å². The molecule has 9 nitrogen and oxygen atoms in total. The second-order valence-corrected chi connectivity index (χ2v) is 9.01. The van der Waals surface area contributed by atoms with Crippen LogP contribution in [0.3, 0.4) is 0 Å². The number of carbonyl (C=O) groups is 2. The zero-order valence-electron chi connectivity index (χ0n) is 20.2. The van der Waals surface area contributed by atoms with Gasteiger partial charge in [-0.2, -0.15) is 5.26 Å². The van der Waals surface area contributed by atoms with Gasteiger partial charge in [0.05, 0.1) is 29.5 Å². The number of pyridine rings is 2. The smallest absolute Gasteiger partial charge is 0.405 e. The van der Waals surface area contributed by atoms with Crippen LogP contribution in [0.1, 0.15) is 48.1 Å². The van der Waals surface area contributed by atoms with Gasteiger partial charge >= 0.3 is 6.09 Å². The minimum Gasteiger partial charge on any atom is -0.441 e. The molecule has 0 bridgehead atoms. The molecule has 1 aromatic carbocycles. The number of aromatic nitrogens is 2. The first-order chi connectivity index (χ1) is 17.6. The molecular formula is C26H24F2N6O3. The van der Waals surface area contributed by atoms with Crippen molar-refractivity contribution < 1.29 is 23.1 Å². The molecule has 3 aromatic rings. The highest BCUT2D eigenvalue weighted by molar-refractivity contribution is 6.04. The van der Waals surface area contributed by atoms with Crippen molar-refractivity contribution in [2.75, 3.05) is 18.0 Å². The van der Waals surface area contributed by atoms with Crippen molar-refractivity contribution in [3.63, 3.8) is 0 Å². The van der Waals surface area contributed by atoms with E-state index in [0.29, 0.717) is 24.7 Å². The number of hydrogen-bond acceptors (Lipinski definition) is 7. The average molecular weight is 507 g/mol. The van der Waals surface area contributed by atoms with Gasteiger partial charge in [0, 0.05) is 37.0 Å². The highest BCUT2D eigenvalue weighted by Gasteiger charge is 2.40. The number of primary amides is 1. The summed E-state index contributed by atoms with van der Waals surface area (Å²) in [6, 6.07) is 9.63. The second-order valence-electron chi connectivity index (χ2n) is 9.01. The maximum absolute atomic E-state index is 14.2. The molecule has 1 fully saturated rings. The van der Waals surface area contributed by atoms with Crippen LogP contribution in [-0.4, -0.2) is 40.7 Å². The summed E-state index contributed by atoms with van der Waals surface area (Å²) in [6.45, 7) is 3.87. The lowest BCUT2D eigenvalue weighted by Crippen LogP contribution is -2.38. The molecule has 37 heavy (non-hydrogen) atoms. The van der Waals surface area contributed by atoms with Crippen LogP contribution in [0, 0.1) is 23.0 Å². The number of anilines is 1. The first-order valence-electron chi connectivity index (χ1n) is 11.4. The summed E-state index contributed by atoms with van der Waals surface area (Å²) in [5.74, 6) is -2.24. The average Bonchev–Trinajstić information content (AvgIpc) is 3.23. The van der Waals surface area contributed by atoms with Crippen molar-refractivity contribution in [3.8, 4) is 17.2 Å². The van der Waals surface area contributed by atoms with Crippen molar-refractivity contribution >= 4 is 17.7 Å². The predicted octanol–water partition coefficient (Wildman–Crippen LogP) is 3.85. The molecular weight excluding hydrogens is 482 g/mol. The minimum atomic E-state index is -0.985. The highest BCUT2D eigenvalue weighted by Crippen LogP contribution is 2.40. The standard InChI is InChI=1S/C26H24F2N6O3/c1-15(20-5-3-4-7-31-20)33-24(35)19-13-32-21(12-29)22(16-9-17(27)11-18(28)10-16)23(19)34-8-6-26(2,14-34)37-25(30)36/h3-5,7,9-11,13,15H,6,8,14H2,1-2H3,(H2,30,36)(H,33,35)/t15-,26-/m0/s1. The van der Waals surface area contributed by atoms with Crippen LogP contribution in [0.2, 0.25) is 0 Å². The second kappa shape index (κ2) is 10.2. The van der Waals surface area contributed by atoms with Crippen LogP contribution in [-0.2, 0) is 4.74 Å². The molecule has 1 saturated heterocycles. The quantitative estimate of drug-likeness (QED) is 0.519. The zero-order chi connectivity index (χ0) is 26.7. The van der Waals surface area contributed by atoms with Crippen LogP contribution < -0.4 is 16.0 Å². The molecule has 3 heterocycles. The molecule has 190 valence electrons. The van der Waals surface area contributed by atoms with E-state index in [1.54, 1.807) is 43.1 Å². The third-order valence-electron chi connectivity index (χ3n) is 6.13. The van der Waals surface area contributed by atoms with Crippen molar-refractivity contribution in [1.29, 1.82) is 5.26 Å². The maximum Gasteiger partial charge on any atom is 0.405 e. The van der Waals surface area contributed by atoms with Crippen LogP contribution in [0.15, 0.2) is 48.8 Å². The summed E-state index contributed by atoms with van der Waals surface area (Å²) in [6.07, 6.45) is 2.26. The maximum atomic E-state index is 14.2. The summed E-state index contributed by atoms with van der Waals surface area (Å²) >= 11 is 0. The molecule has 0 radical (unpaired) electrons. The van der Waals surface area contributed by atoms with Gasteiger partial charge in [0.2, 0.25) is 0 Å². The normalized spacial score (nSPS) is 17.6. The van der Waals surface area contributed by atoms with Crippen LogP contribution in [0.4, 0.5) is 19.3 Å². The Kier molecular flexibility index (Phi) is 7.02. The molecule has 11 heteroatoms. The molecule has 1 aliphatic heterocycles. The van der Waals surface area contributed by atoms with Gasteiger partial charge in [-0.15, -0.1) is 0 Å². The van der Waals surface area contributed by atoms with E-state index in [2.05, 4.69) is 15.3 Å². The zero-order valence-corrected chi connectivity index (χ0v) is 20.2. The first-order valence-corrected chi connectivity index (χ1v) is 11.4. The molecule has 0 unspecified atom stereocenters. The Morgan fingerprint density at radius 3 is 2.59 bits per heavy atom. The third-order valence-corrected chi connectivity index (χ3v) is 6.13. The SMILES string of the molecule is C[C@H](NC(=O)c1cnc(C#N)c(-c2cc(F)cc(F)c2)c1N1CC[C@](C)(OC(N)=O)C1)c1ccccn1. The van der Waals surface area contributed by atoms with Gasteiger partial charge in [0.1, 0.15) is 29.0 Å². The Morgan fingerprint density at radius 2 is 1.97 bits per heavy atom. The summed E-state index contributed by atoms with van der Waals surface area (Å²) < 4.78 is 33.8. The van der Waals surface area contributed by atoms with Gasteiger partial charge in [-0.3, -0.25) is 9.78 Å². The lowest BCUT2D eigenvalue weighted by molar-refractivity contribution is 0.0480. The van der Waals surface area contributed by atoms with E-state index in [1.165, 1.54) is 6.20 Å². The van der Waals surface area contributed by atoms with Crippen LogP contribution in [0.5, 0.6) is 0 Å². The highest BCUT2D eigenvalue weighted by atomic mass is 19.1. The van der Waals surface area contributed by atoms with E-state index >= 15 is 0 Å². The van der Waals surface area contributed by atoms with Gasteiger partial charge in [-0.05, 0) is 43.7 Å². The van der Waals surface area contributed by atoms with E-state index in [0.717, 1.165) is 12.1 Å². The number of hydrogen-bond donors (Lipinski definition) is 2. The van der Waals surface area contributed by atoms with Gasteiger partial charge in [0.25, 0.3) is 5.91 Å². The molecule has 0 saturated carbocycles. The summed E-state index contributed by atoms with van der Waals surface area (Å²) in [7, 11) is 0. The number of ether oxygens (including phenoxy) is 1. The lowest BCUT2D eigenvalue weighted by atomic mass is 9.97. The number of rotatable bonds is 6.